The number of rotatable bonds is 3. The van der Waals surface area contributed by atoms with Crippen LogP contribution in [0.5, 0.6) is 0 Å². The van der Waals surface area contributed by atoms with Gasteiger partial charge in [-0.1, -0.05) is 6.92 Å². The maximum Gasteiger partial charge on any atom is 0.389 e. The van der Waals surface area contributed by atoms with Gasteiger partial charge in [0.25, 0.3) is 0 Å². The molecular weight excluding hydrogens is 221 g/mol. The minimum Gasteiger partial charge on any atom is -0.352 e. The summed E-state index contributed by atoms with van der Waals surface area (Å²) >= 11 is 0. The molecule has 1 aliphatic rings. The van der Waals surface area contributed by atoms with Crippen molar-refractivity contribution in [1.29, 1.82) is 0 Å². The van der Waals surface area contributed by atoms with Crippen LogP contribution in [-0.2, 0) is 4.79 Å². The SMILES string of the molecule is CC1CCNCC1NC(=O)CCC(F)(F)F. The molecule has 1 fully saturated rings. The number of hydrogen-bond donors (Lipinski definition) is 2. The Morgan fingerprint density at radius 2 is 2.19 bits per heavy atom. The molecule has 0 aromatic carbocycles. The first-order valence-corrected chi connectivity index (χ1v) is 5.45. The molecule has 2 atom stereocenters. The third-order valence-corrected chi connectivity index (χ3v) is 2.81. The van der Waals surface area contributed by atoms with Gasteiger partial charge in [0.15, 0.2) is 0 Å². The fourth-order valence-corrected chi connectivity index (χ4v) is 1.72. The summed E-state index contributed by atoms with van der Waals surface area (Å²) in [5.41, 5.74) is 0. The molecule has 1 rings (SSSR count). The highest BCUT2D eigenvalue weighted by Crippen LogP contribution is 2.21. The molecule has 1 amide bonds. The van der Waals surface area contributed by atoms with E-state index in [1.165, 1.54) is 0 Å². The van der Waals surface area contributed by atoms with Gasteiger partial charge >= 0.3 is 6.18 Å². The van der Waals surface area contributed by atoms with Crippen molar-refractivity contribution >= 4 is 5.91 Å². The predicted molar refractivity (Wildman–Crippen MR) is 53.9 cm³/mol. The average Bonchev–Trinajstić information content (AvgIpc) is 2.18. The van der Waals surface area contributed by atoms with Crippen LogP contribution < -0.4 is 10.6 Å². The predicted octanol–water partition coefficient (Wildman–Crippen LogP) is 1.44. The standard InChI is InChI=1S/C10H17F3N2O/c1-7-3-5-14-6-8(7)15-9(16)2-4-10(11,12)13/h7-8,14H,2-6H2,1H3,(H,15,16). The van der Waals surface area contributed by atoms with Crippen LogP contribution in [0.25, 0.3) is 0 Å². The summed E-state index contributed by atoms with van der Waals surface area (Å²) < 4.78 is 35.6. The smallest absolute Gasteiger partial charge is 0.352 e. The lowest BCUT2D eigenvalue weighted by atomic mass is 9.95. The van der Waals surface area contributed by atoms with Crippen LogP contribution in [0.15, 0.2) is 0 Å². The molecule has 16 heavy (non-hydrogen) atoms. The Labute approximate surface area is 92.8 Å². The number of carbonyl (C=O) groups excluding carboxylic acids is 1. The second-order valence-corrected chi connectivity index (χ2v) is 4.26. The molecule has 0 spiro atoms. The van der Waals surface area contributed by atoms with Crippen molar-refractivity contribution in [2.75, 3.05) is 13.1 Å². The lowest BCUT2D eigenvalue weighted by Crippen LogP contribution is -2.50. The summed E-state index contributed by atoms with van der Waals surface area (Å²) in [6.07, 6.45) is -4.85. The van der Waals surface area contributed by atoms with Crippen LogP contribution in [0.1, 0.15) is 26.2 Å². The average molecular weight is 238 g/mol. The van der Waals surface area contributed by atoms with E-state index in [2.05, 4.69) is 10.6 Å². The summed E-state index contributed by atoms with van der Waals surface area (Å²) in [7, 11) is 0. The highest BCUT2D eigenvalue weighted by Gasteiger charge is 2.29. The number of amides is 1. The minimum atomic E-state index is -4.26. The van der Waals surface area contributed by atoms with E-state index >= 15 is 0 Å². The molecular formula is C10H17F3N2O. The first-order valence-electron chi connectivity index (χ1n) is 5.45. The molecule has 1 heterocycles. The number of nitrogens with one attached hydrogen (secondary N) is 2. The van der Waals surface area contributed by atoms with Crippen molar-refractivity contribution in [2.45, 2.75) is 38.4 Å². The highest BCUT2D eigenvalue weighted by molar-refractivity contribution is 5.76. The van der Waals surface area contributed by atoms with Gasteiger partial charge in [-0.3, -0.25) is 4.79 Å². The monoisotopic (exact) mass is 238 g/mol. The van der Waals surface area contributed by atoms with Crippen molar-refractivity contribution < 1.29 is 18.0 Å². The molecule has 0 aliphatic carbocycles. The Morgan fingerprint density at radius 1 is 1.50 bits per heavy atom. The molecule has 1 saturated heterocycles. The maximum atomic E-state index is 11.9. The molecule has 2 N–H and O–H groups in total. The third-order valence-electron chi connectivity index (χ3n) is 2.81. The third kappa shape index (κ3) is 4.83. The number of piperidine rings is 1. The van der Waals surface area contributed by atoms with Crippen LogP contribution in [0, 0.1) is 5.92 Å². The lowest BCUT2D eigenvalue weighted by molar-refractivity contribution is -0.144. The van der Waals surface area contributed by atoms with E-state index in [9.17, 15) is 18.0 Å². The fraction of sp³-hybridized carbons (Fsp3) is 0.900. The number of halogens is 3. The van der Waals surface area contributed by atoms with Gasteiger partial charge in [-0.05, 0) is 18.9 Å². The summed E-state index contributed by atoms with van der Waals surface area (Å²) in [5.74, 6) is -0.200. The van der Waals surface area contributed by atoms with Crippen molar-refractivity contribution in [3.05, 3.63) is 0 Å². The second kappa shape index (κ2) is 5.52. The van der Waals surface area contributed by atoms with Gasteiger partial charge in [0.2, 0.25) is 5.91 Å². The zero-order valence-electron chi connectivity index (χ0n) is 9.23. The first kappa shape index (κ1) is 13.3. The van der Waals surface area contributed by atoms with Gasteiger partial charge in [0, 0.05) is 19.0 Å². The van der Waals surface area contributed by atoms with Crippen molar-refractivity contribution in [3.8, 4) is 0 Å². The number of carbonyl (C=O) groups is 1. The zero-order chi connectivity index (χ0) is 12.2. The Balaban J connectivity index is 2.28. The van der Waals surface area contributed by atoms with Crippen molar-refractivity contribution in [2.24, 2.45) is 5.92 Å². The molecule has 0 saturated carbocycles. The van der Waals surface area contributed by atoms with Gasteiger partial charge in [-0.15, -0.1) is 0 Å². The maximum absolute atomic E-state index is 11.9. The normalized spacial score (nSPS) is 26.5. The van der Waals surface area contributed by atoms with E-state index in [1.807, 2.05) is 6.92 Å². The van der Waals surface area contributed by atoms with Crippen LogP contribution in [-0.4, -0.2) is 31.2 Å². The van der Waals surface area contributed by atoms with Gasteiger partial charge in [-0.2, -0.15) is 13.2 Å². The fourth-order valence-electron chi connectivity index (χ4n) is 1.72. The zero-order valence-corrected chi connectivity index (χ0v) is 9.23. The summed E-state index contributed by atoms with van der Waals surface area (Å²) in [5, 5.41) is 5.75. The molecule has 0 aromatic heterocycles. The van der Waals surface area contributed by atoms with E-state index in [0.29, 0.717) is 12.5 Å². The Kier molecular flexibility index (Phi) is 4.58. The Morgan fingerprint density at radius 3 is 2.75 bits per heavy atom. The van der Waals surface area contributed by atoms with Gasteiger partial charge in [0.05, 0.1) is 6.42 Å². The van der Waals surface area contributed by atoms with Gasteiger partial charge < -0.3 is 10.6 Å². The van der Waals surface area contributed by atoms with Crippen LogP contribution in [0.3, 0.4) is 0 Å². The molecule has 2 unspecified atom stereocenters. The molecule has 6 heteroatoms. The molecule has 3 nitrogen and oxygen atoms in total. The van der Waals surface area contributed by atoms with Crippen molar-refractivity contribution in [1.82, 2.24) is 10.6 Å². The Bertz CT molecular complexity index is 243. The van der Waals surface area contributed by atoms with Crippen LogP contribution in [0.2, 0.25) is 0 Å². The summed E-state index contributed by atoms with van der Waals surface area (Å²) in [6, 6.07) is -0.0468. The quantitative estimate of drug-likeness (QED) is 0.781. The van der Waals surface area contributed by atoms with E-state index in [1.54, 1.807) is 0 Å². The van der Waals surface area contributed by atoms with Crippen LogP contribution in [0.4, 0.5) is 13.2 Å². The summed E-state index contributed by atoms with van der Waals surface area (Å²) in [4.78, 5) is 11.3. The molecule has 94 valence electrons. The summed E-state index contributed by atoms with van der Waals surface area (Å²) in [6.45, 7) is 3.53. The van der Waals surface area contributed by atoms with Gasteiger partial charge in [0.1, 0.15) is 0 Å². The Hall–Kier alpha value is -0.780. The first-order chi connectivity index (χ1) is 7.38. The molecule has 0 radical (unpaired) electrons. The van der Waals surface area contributed by atoms with E-state index in [-0.39, 0.29) is 6.04 Å². The molecule has 0 aromatic rings. The molecule has 0 bridgehead atoms. The molecule has 1 aliphatic heterocycles. The second-order valence-electron chi connectivity index (χ2n) is 4.26. The number of hydrogen-bond acceptors (Lipinski definition) is 2. The minimum absolute atomic E-state index is 0.0468. The van der Waals surface area contributed by atoms with E-state index < -0.39 is 24.9 Å². The number of alkyl halides is 3. The van der Waals surface area contributed by atoms with Crippen LogP contribution >= 0.6 is 0 Å². The lowest BCUT2D eigenvalue weighted by Gasteiger charge is -2.30. The van der Waals surface area contributed by atoms with E-state index in [0.717, 1.165) is 13.0 Å². The topological polar surface area (TPSA) is 41.1 Å². The van der Waals surface area contributed by atoms with Crippen molar-refractivity contribution in [3.63, 3.8) is 0 Å². The largest absolute Gasteiger partial charge is 0.389 e. The highest BCUT2D eigenvalue weighted by atomic mass is 19.4. The van der Waals surface area contributed by atoms with E-state index in [4.69, 9.17) is 0 Å². The van der Waals surface area contributed by atoms with Gasteiger partial charge in [-0.25, -0.2) is 0 Å².